The van der Waals surface area contributed by atoms with Gasteiger partial charge in [-0.15, -0.1) is 0 Å². The summed E-state index contributed by atoms with van der Waals surface area (Å²) in [4.78, 5) is 22.0. The zero-order chi connectivity index (χ0) is 18.5. The van der Waals surface area contributed by atoms with Crippen LogP contribution in [0.3, 0.4) is 0 Å². The van der Waals surface area contributed by atoms with Gasteiger partial charge in [0.2, 0.25) is 0 Å². The van der Waals surface area contributed by atoms with Gasteiger partial charge in [-0.25, -0.2) is 4.98 Å². The highest BCUT2D eigenvalue weighted by molar-refractivity contribution is 6.23. The molecule has 0 radical (unpaired) electrons. The van der Waals surface area contributed by atoms with Gasteiger partial charge >= 0.3 is 0 Å². The number of ketones is 1. The predicted octanol–water partition coefficient (Wildman–Crippen LogP) is 3.02. The first-order valence-electron chi connectivity index (χ1n) is 8.33. The molecular formula is C20H14N4O3. The maximum Gasteiger partial charge on any atom is 0.253 e. The maximum absolute atomic E-state index is 13.2. The molecular weight excluding hydrogens is 344 g/mol. The standard InChI is InChI=1S/C20H14N4O3/c1-26-14-8-7-11(9-15(14)27-2)18-16-17(23-20-21-10-22-24(18)20)12-5-3-4-6-13(12)19(16)25/h3-10H,1-2H3. The molecule has 1 aliphatic rings. The van der Waals surface area contributed by atoms with Crippen LogP contribution in [0, 0.1) is 0 Å². The van der Waals surface area contributed by atoms with Crippen LogP contribution < -0.4 is 9.47 Å². The molecule has 132 valence electrons. The molecule has 0 unspecified atom stereocenters. The third kappa shape index (κ3) is 2.08. The maximum atomic E-state index is 13.2. The van der Waals surface area contributed by atoms with E-state index in [0.29, 0.717) is 39.8 Å². The number of carbonyl (C=O) groups excluding carboxylic acids is 1. The van der Waals surface area contributed by atoms with E-state index < -0.39 is 0 Å². The molecule has 0 saturated heterocycles. The number of methoxy groups -OCH3 is 2. The van der Waals surface area contributed by atoms with E-state index in [9.17, 15) is 4.79 Å². The van der Waals surface area contributed by atoms with E-state index in [1.807, 2.05) is 36.4 Å². The number of hydrogen-bond acceptors (Lipinski definition) is 6. The van der Waals surface area contributed by atoms with Crippen molar-refractivity contribution in [1.82, 2.24) is 19.6 Å². The number of hydrogen-bond donors (Lipinski definition) is 0. The average Bonchev–Trinajstić information content (AvgIpc) is 3.29. The Hall–Kier alpha value is -3.74. The number of ether oxygens (including phenoxy) is 2. The molecule has 27 heavy (non-hydrogen) atoms. The van der Waals surface area contributed by atoms with E-state index in [-0.39, 0.29) is 5.78 Å². The Labute approximate surface area is 154 Å². The molecule has 0 atom stereocenters. The van der Waals surface area contributed by atoms with Crippen LogP contribution in [0.25, 0.3) is 28.3 Å². The van der Waals surface area contributed by atoms with Crippen molar-refractivity contribution in [1.29, 1.82) is 0 Å². The van der Waals surface area contributed by atoms with E-state index in [1.165, 1.54) is 6.33 Å². The lowest BCUT2D eigenvalue weighted by atomic mass is 10.0. The topological polar surface area (TPSA) is 78.6 Å². The molecule has 0 bridgehead atoms. The second-order valence-corrected chi connectivity index (χ2v) is 6.10. The van der Waals surface area contributed by atoms with Crippen molar-refractivity contribution in [3.8, 4) is 34.0 Å². The quantitative estimate of drug-likeness (QED) is 0.493. The van der Waals surface area contributed by atoms with Gasteiger partial charge in [0.15, 0.2) is 17.3 Å². The van der Waals surface area contributed by atoms with Crippen molar-refractivity contribution < 1.29 is 14.3 Å². The van der Waals surface area contributed by atoms with E-state index in [2.05, 4.69) is 15.1 Å². The summed E-state index contributed by atoms with van der Waals surface area (Å²) in [6.45, 7) is 0. The normalized spacial score (nSPS) is 12.1. The lowest BCUT2D eigenvalue weighted by Crippen LogP contribution is -2.06. The first kappa shape index (κ1) is 15.5. The van der Waals surface area contributed by atoms with Crippen molar-refractivity contribution in [3.05, 3.63) is 59.9 Å². The van der Waals surface area contributed by atoms with Gasteiger partial charge in [0.25, 0.3) is 5.78 Å². The number of fused-ring (bicyclic) bond motifs is 4. The van der Waals surface area contributed by atoms with Crippen LogP contribution in [0.2, 0.25) is 0 Å². The molecule has 0 amide bonds. The van der Waals surface area contributed by atoms with E-state index in [0.717, 1.165) is 11.1 Å². The summed E-state index contributed by atoms with van der Waals surface area (Å²) >= 11 is 0. The smallest absolute Gasteiger partial charge is 0.253 e. The van der Waals surface area contributed by atoms with Gasteiger partial charge < -0.3 is 9.47 Å². The fraction of sp³-hybridized carbons (Fsp3) is 0.100. The number of aromatic nitrogens is 4. The summed E-state index contributed by atoms with van der Waals surface area (Å²) in [5.74, 6) is 1.53. The number of carbonyl (C=O) groups is 1. The highest BCUT2D eigenvalue weighted by atomic mass is 16.5. The molecule has 4 aromatic rings. The first-order chi connectivity index (χ1) is 13.2. The van der Waals surface area contributed by atoms with Crippen LogP contribution in [-0.4, -0.2) is 39.6 Å². The summed E-state index contributed by atoms with van der Waals surface area (Å²) in [5.41, 5.74) is 3.99. The fourth-order valence-corrected chi connectivity index (χ4v) is 3.53. The molecule has 0 saturated carbocycles. The number of benzene rings is 2. The SMILES string of the molecule is COc1ccc(-c2c3c(nc4ncnn24)-c2ccccc2C3=O)cc1OC. The molecule has 2 aromatic heterocycles. The van der Waals surface area contributed by atoms with Crippen molar-refractivity contribution in [3.63, 3.8) is 0 Å². The molecule has 0 fully saturated rings. The third-order valence-corrected chi connectivity index (χ3v) is 4.74. The molecule has 7 nitrogen and oxygen atoms in total. The summed E-state index contributed by atoms with van der Waals surface area (Å²) in [7, 11) is 3.15. The van der Waals surface area contributed by atoms with Crippen molar-refractivity contribution in [2.75, 3.05) is 14.2 Å². The molecule has 0 spiro atoms. The van der Waals surface area contributed by atoms with Gasteiger partial charge in [-0.05, 0) is 18.2 Å². The molecule has 2 aromatic carbocycles. The zero-order valence-electron chi connectivity index (χ0n) is 14.6. The Morgan fingerprint density at radius 2 is 1.74 bits per heavy atom. The zero-order valence-corrected chi connectivity index (χ0v) is 14.6. The summed E-state index contributed by atoms with van der Waals surface area (Å²) < 4.78 is 12.3. The minimum absolute atomic E-state index is 0.0738. The Morgan fingerprint density at radius 3 is 2.52 bits per heavy atom. The van der Waals surface area contributed by atoms with Crippen LogP contribution >= 0.6 is 0 Å². The van der Waals surface area contributed by atoms with Gasteiger partial charge in [-0.1, -0.05) is 24.3 Å². The highest BCUT2D eigenvalue weighted by Gasteiger charge is 2.33. The van der Waals surface area contributed by atoms with Gasteiger partial charge in [0.1, 0.15) is 6.33 Å². The van der Waals surface area contributed by atoms with E-state index in [4.69, 9.17) is 9.47 Å². The summed E-state index contributed by atoms with van der Waals surface area (Å²) in [5, 5.41) is 4.29. The largest absolute Gasteiger partial charge is 0.493 e. The second kappa shape index (κ2) is 5.63. The van der Waals surface area contributed by atoms with Gasteiger partial charge in [-0.3, -0.25) is 4.79 Å². The highest BCUT2D eigenvalue weighted by Crippen LogP contribution is 2.41. The summed E-state index contributed by atoms with van der Waals surface area (Å²) in [6, 6.07) is 13.0. The molecule has 7 heteroatoms. The van der Waals surface area contributed by atoms with Crippen LogP contribution in [0.15, 0.2) is 48.8 Å². The second-order valence-electron chi connectivity index (χ2n) is 6.10. The van der Waals surface area contributed by atoms with Crippen LogP contribution in [0.5, 0.6) is 11.5 Å². The Morgan fingerprint density at radius 1 is 0.963 bits per heavy atom. The van der Waals surface area contributed by atoms with Crippen molar-refractivity contribution >= 4 is 11.6 Å². The molecule has 2 heterocycles. The fourth-order valence-electron chi connectivity index (χ4n) is 3.53. The van der Waals surface area contributed by atoms with Gasteiger partial charge in [-0.2, -0.15) is 14.6 Å². The van der Waals surface area contributed by atoms with Crippen LogP contribution in [-0.2, 0) is 0 Å². The van der Waals surface area contributed by atoms with Crippen LogP contribution in [0.1, 0.15) is 15.9 Å². The Balaban J connectivity index is 1.87. The van der Waals surface area contributed by atoms with Gasteiger partial charge in [0.05, 0.1) is 31.2 Å². The lowest BCUT2D eigenvalue weighted by molar-refractivity contribution is 0.104. The predicted molar refractivity (Wildman–Crippen MR) is 98.2 cm³/mol. The monoisotopic (exact) mass is 358 g/mol. The van der Waals surface area contributed by atoms with Gasteiger partial charge in [0, 0.05) is 16.7 Å². The molecule has 0 N–H and O–H groups in total. The average molecular weight is 358 g/mol. The lowest BCUT2D eigenvalue weighted by Gasteiger charge is -2.13. The number of nitrogens with zero attached hydrogens (tertiary/aromatic N) is 4. The molecule has 5 rings (SSSR count). The summed E-state index contributed by atoms with van der Waals surface area (Å²) in [6.07, 6.45) is 1.43. The van der Waals surface area contributed by atoms with Crippen LogP contribution in [0.4, 0.5) is 0 Å². The third-order valence-electron chi connectivity index (χ3n) is 4.74. The van der Waals surface area contributed by atoms with Crippen molar-refractivity contribution in [2.24, 2.45) is 0 Å². The van der Waals surface area contributed by atoms with E-state index in [1.54, 1.807) is 24.8 Å². The molecule has 1 aliphatic carbocycles. The first-order valence-corrected chi connectivity index (χ1v) is 8.33. The number of rotatable bonds is 3. The molecule has 0 aliphatic heterocycles. The minimum Gasteiger partial charge on any atom is -0.493 e. The Bertz CT molecular complexity index is 1230. The van der Waals surface area contributed by atoms with E-state index >= 15 is 0 Å². The van der Waals surface area contributed by atoms with Crippen molar-refractivity contribution in [2.45, 2.75) is 0 Å². The minimum atomic E-state index is -0.0738. The Kier molecular flexibility index (Phi) is 3.24.